The molecule has 0 unspecified atom stereocenters. The molecule has 7 rings (SSSR count). The summed E-state index contributed by atoms with van der Waals surface area (Å²) in [5.74, 6) is 1.62. The number of rotatable bonds is 6. The van der Waals surface area contributed by atoms with Gasteiger partial charge in [0.2, 0.25) is 0 Å². The van der Waals surface area contributed by atoms with Crippen LogP contribution in [-0.4, -0.2) is 82.2 Å². The van der Waals surface area contributed by atoms with Crippen molar-refractivity contribution < 1.29 is 19.8 Å². The van der Waals surface area contributed by atoms with Gasteiger partial charge in [-0.1, -0.05) is 51.1 Å². The number of fused-ring (bicyclic) bond motifs is 3. The maximum Gasteiger partial charge on any atom is 0.262 e. The summed E-state index contributed by atoms with van der Waals surface area (Å²) in [5.41, 5.74) is 2.11. The van der Waals surface area contributed by atoms with Crippen molar-refractivity contribution in [3.05, 3.63) is 65.2 Å². The number of anilines is 1. The first-order valence-corrected chi connectivity index (χ1v) is 15.3. The van der Waals surface area contributed by atoms with Gasteiger partial charge < -0.3 is 25.7 Å². The van der Waals surface area contributed by atoms with E-state index in [1.807, 2.05) is 6.07 Å². The van der Waals surface area contributed by atoms with E-state index in [2.05, 4.69) is 43.2 Å². The number of hydrogen-bond acceptors (Lipinski definition) is 6. The van der Waals surface area contributed by atoms with E-state index in [-0.39, 0.29) is 17.2 Å². The third kappa shape index (κ3) is 4.91. The predicted octanol–water partition coefficient (Wildman–Crippen LogP) is 3.51. The molecule has 7 atom stereocenters. The van der Waals surface area contributed by atoms with Crippen LogP contribution in [0.15, 0.2) is 53.5 Å². The van der Waals surface area contributed by atoms with Crippen LogP contribution in [0.5, 0.6) is 0 Å². The predicted molar refractivity (Wildman–Crippen MR) is 162 cm³/mol. The van der Waals surface area contributed by atoms with Gasteiger partial charge in [-0.2, -0.15) is 0 Å². The lowest BCUT2D eigenvalue weighted by molar-refractivity contribution is -0.108. The van der Waals surface area contributed by atoms with E-state index >= 15 is 0 Å². The summed E-state index contributed by atoms with van der Waals surface area (Å²) in [6.45, 7) is 11.2. The molecule has 2 aromatic carbocycles. The van der Waals surface area contributed by atoms with Crippen molar-refractivity contribution in [3.8, 4) is 0 Å². The van der Waals surface area contributed by atoms with Gasteiger partial charge in [0, 0.05) is 31.4 Å². The number of carbonyl (C=O) groups excluding carboxylic acids is 2. The van der Waals surface area contributed by atoms with Crippen molar-refractivity contribution >= 4 is 23.5 Å². The summed E-state index contributed by atoms with van der Waals surface area (Å²) >= 11 is 0. The third-order valence-corrected chi connectivity index (χ3v) is 10.5. The van der Waals surface area contributed by atoms with E-state index < -0.39 is 30.6 Å². The summed E-state index contributed by atoms with van der Waals surface area (Å²) in [6.07, 6.45) is 1.16. The normalized spacial score (nSPS) is 30.0. The Morgan fingerprint density at radius 1 is 1.10 bits per heavy atom. The van der Waals surface area contributed by atoms with E-state index in [1.165, 1.54) is 6.42 Å². The molecule has 3 aliphatic carbocycles. The number of aliphatic imine (C=N–C) groups is 1. The van der Waals surface area contributed by atoms with Crippen molar-refractivity contribution in [1.29, 1.82) is 0 Å². The highest BCUT2D eigenvalue weighted by Crippen LogP contribution is 2.61. The second-order valence-corrected chi connectivity index (χ2v) is 13.2. The SMILES string of the molecule is C[C@@H]1[C@@H](N=C(Nc2ccc3c(c2)C(=O)N([C@@H](CO)[C@H](O)c2ccccc2)C3=O)N2CCN[C@@H](C)C2)C[C@H]2C[C@@H]1C2(C)C. The van der Waals surface area contributed by atoms with Gasteiger partial charge in [-0.05, 0) is 66.7 Å². The van der Waals surface area contributed by atoms with Gasteiger partial charge >= 0.3 is 0 Å². The number of guanidine groups is 1. The maximum absolute atomic E-state index is 13.6. The van der Waals surface area contributed by atoms with Gasteiger partial charge in [-0.15, -0.1) is 0 Å². The van der Waals surface area contributed by atoms with Gasteiger partial charge in [-0.3, -0.25) is 14.5 Å². The minimum Gasteiger partial charge on any atom is -0.394 e. The van der Waals surface area contributed by atoms with Crippen LogP contribution in [0.2, 0.25) is 0 Å². The fourth-order valence-electron chi connectivity index (χ4n) is 7.73. The van der Waals surface area contributed by atoms with Gasteiger partial charge in [0.1, 0.15) is 6.10 Å². The first-order valence-electron chi connectivity index (χ1n) is 15.3. The second-order valence-electron chi connectivity index (χ2n) is 13.2. The molecule has 2 aromatic rings. The zero-order valence-electron chi connectivity index (χ0n) is 25.0. The lowest BCUT2D eigenvalue weighted by atomic mass is 9.45. The molecular formula is C33H43N5O4. The Balaban J connectivity index is 1.27. The Labute approximate surface area is 248 Å². The number of nitrogens with zero attached hydrogens (tertiary/aromatic N) is 3. The molecule has 4 N–H and O–H groups in total. The average Bonchev–Trinajstić information content (AvgIpc) is 3.23. The molecule has 2 aliphatic heterocycles. The van der Waals surface area contributed by atoms with Crippen LogP contribution in [0, 0.1) is 23.2 Å². The summed E-state index contributed by atoms with van der Waals surface area (Å²) in [7, 11) is 0. The van der Waals surface area contributed by atoms with E-state index in [1.54, 1.807) is 42.5 Å². The zero-order valence-corrected chi connectivity index (χ0v) is 25.0. The number of carbonyl (C=O) groups is 2. The minimum atomic E-state index is -1.21. The van der Waals surface area contributed by atoms with E-state index in [4.69, 9.17) is 4.99 Å². The van der Waals surface area contributed by atoms with Gasteiger partial charge in [-0.25, -0.2) is 4.99 Å². The maximum atomic E-state index is 13.6. The monoisotopic (exact) mass is 573 g/mol. The smallest absolute Gasteiger partial charge is 0.262 e. The molecule has 9 heteroatoms. The zero-order chi connectivity index (χ0) is 29.8. The molecule has 2 amide bonds. The van der Waals surface area contributed by atoms with Crippen molar-refractivity contribution in [1.82, 2.24) is 15.1 Å². The number of hydrogen-bond donors (Lipinski definition) is 4. The van der Waals surface area contributed by atoms with Crippen LogP contribution in [0.1, 0.15) is 72.9 Å². The molecule has 2 bridgehead atoms. The van der Waals surface area contributed by atoms with Crippen molar-refractivity contribution in [2.75, 3.05) is 31.6 Å². The third-order valence-electron chi connectivity index (χ3n) is 10.5. The molecule has 0 radical (unpaired) electrons. The number of benzene rings is 2. The highest BCUT2D eigenvalue weighted by Gasteiger charge is 2.56. The molecule has 2 heterocycles. The molecule has 1 saturated heterocycles. The first-order chi connectivity index (χ1) is 20.1. The molecule has 0 spiro atoms. The Morgan fingerprint density at radius 2 is 1.83 bits per heavy atom. The number of nitrogens with one attached hydrogen (secondary N) is 2. The highest BCUT2D eigenvalue weighted by molar-refractivity contribution is 6.22. The lowest BCUT2D eigenvalue weighted by Gasteiger charge is -2.61. The number of imide groups is 1. The van der Waals surface area contributed by atoms with Crippen LogP contribution in [-0.2, 0) is 0 Å². The topological polar surface area (TPSA) is 118 Å². The fourth-order valence-corrected chi connectivity index (χ4v) is 7.73. The molecule has 42 heavy (non-hydrogen) atoms. The number of amides is 2. The largest absolute Gasteiger partial charge is 0.394 e. The van der Waals surface area contributed by atoms with E-state index in [9.17, 15) is 19.8 Å². The Kier molecular flexibility index (Phi) is 7.62. The number of aliphatic hydroxyl groups excluding tert-OH is 2. The summed E-state index contributed by atoms with van der Waals surface area (Å²) in [4.78, 5) is 35.6. The molecule has 3 saturated carbocycles. The Morgan fingerprint density at radius 3 is 2.50 bits per heavy atom. The van der Waals surface area contributed by atoms with Crippen LogP contribution in [0.4, 0.5) is 5.69 Å². The molecule has 4 fully saturated rings. The van der Waals surface area contributed by atoms with Gasteiger partial charge in [0.05, 0.1) is 29.8 Å². The van der Waals surface area contributed by atoms with Crippen molar-refractivity contribution in [2.45, 2.75) is 64.8 Å². The summed E-state index contributed by atoms with van der Waals surface area (Å²) in [5, 5.41) is 28.2. The lowest BCUT2D eigenvalue weighted by Crippen LogP contribution is -2.57. The van der Waals surface area contributed by atoms with Crippen LogP contribution in [0.25, 0.3) is 0 Å². The fraction of sp³-hybridized carbons (Fsp3) is 0.545. The Bertz CT molecular complexity index is 1380. The van der Waals surface area contributed by atoms with E-state index in [0.717, 1.165) is 36.9 Å². The summed E-state index contributed by atoms with van der Waals surface area (Å²) in [6, 6.07) is 13.4. The van der Waals surface area contributed by atoms with E-state index in [0.29, 0.717) is 40.5 Å². The summed E-state index contributed by atoms with van der Waals surface area (Å²) < 4.78 is 0. The molecule has 9 nitrogen and oxygen atoms in total. The van der Waals surface area contributed by atoms with Crippen LogP contribution < -0.4 is 10.6 Å². The molecule has 5 aliphatic rings. The van der Waals surface area contributed by atoms with Crippen molar-refractivity contribution in [2.24, 2.45) is 28.2 Å². The van der Waals surface area contributed by atoms with Crippen LogP contribution >= 0.6 is 0 Å². The average molecular weight is 574 g/mol. The second kappa shape index (κ2) is 11.1. The molecule has 224 valence electrons. The standard InChI is InChI=1S/C33H43N5O4/c1-19-17-37(13-12-34-19)32(36-27-15-22-14-26(20(27)2)33(22,3)4)35-23-10-11-24-25(16-23)31(42)38(30(24)41)28(18-39)29(40)21-8-6-5-7-9-21/h5-11,16,19-20,22,26-29,34,39-40H,12-15,17-18H2,1-4H3,(H,35,36)/t19-,20-,22+,26-,27-,28-,29+/m0/s1. The minimum absolute atomic E-state index is 0.229. The van der Waals surface area contributed by atoms with Gasteiger partial charge in [0.25, 0.3) is 11.8 Å². The number of piperazine rings is 1. The highest BCUT2D eigenvalue weighted by atomic mass is 16.3. The van der Waals surface area contributed by atoms with Gasteiger partial charge in [0.15, 0.2) is 5.96 Å². The van der Waals surface area contributed by atoms with Crippen molar-refractivity contribution in [3.63, 3.8) is 0 Å². The van der Waals surface area contributed by atoms with Crippen LogP contribution in [0.3, 0.4) is 0 Å². The molecule has 0 aromatic heterocycles. The quantitative estimate of drug-likeness (QED) is 0.237. The number of aliphatic hydroxyl groups is 2. The molecular weight excluding hydrogens is 530 g/mol. The first kappa shape index (κ1) is 28.8. The Hall–Kier alpha value is -3.27.